The molecule has 12 heteroatoms. The molecule has 3 N–H and O–H groups in total. The standard InChI is InChI=1S/C40H43Cl2F2N3O5/c1-39(2,3)20-33-40(28-16-13-25(41)19-30(28)43,22-45-21-23-10-14-26(50-4)15-11-23)34(27-8-7-9-29(42)35(27)44)36(47-33)37(48)46-31-17-12-24(38(49)52-6)18-32(31)51-5/h7-19,33-34,36,45,47H,20-22H2,1-6H3,(H,46,48)/t33-,34-,36+,40-/m0/s1. The fourth-order valence-electron chi connectivity index (χ4n) is 7.23. The maximum atomic E-state index is 16.5. The molecule has 4 aromatic carbocycles. The third-order valence-corrected chi connectivity index (χ3v) is 10.1. The van der Waals surface area contributed by atoms with Gasteiger partial charge < -0.3 is 30.2 Å². The summed E-state index contributed by atoms with van der Waals surface area (Å²) < 4.78 is 48.6. The van der Waals surface area contributed by atoms with Crippen molar-refractivity contribution in [2.75, 3.05) is 33.2 Å². The highest BCUT2D eigenvalue weighted by Gasteiger charge is 2.60. The lowest BCUT2D eigenvalue weighted by Crippen LogP contribution is -2.51. The first kappa shape index (κ1) is 39.0. The van der Waals surface area contributed by atoms with Gasteiger partial charge in [-0.25, -0.2) is 13.6 Å². The number of anilines is 1. The normalized spacial score (nSPS) is 20.0. The lowest BCUT2D eigenvalue weighted by Gasteiger charge is -2.43. The van der Waals surface area contributed by atoms with Gasteiger partial charge in [-0.2, -0.15) is 0 Å². The lowest BCUT2D eigenvalue weighted by atomic mass is 9.61. The lowest BCUT2D eigenvalue weighted by molar-refractivity contribution is -0.118. The second-order valence-corrected chi connectivity index (χ2v) is 14.9. The number of carbonyl (C=O) groups is 2. The van der Waals surface area contributed by atoms with E-state index in [9.17, 15) is 9.59 Å². The van der Waals surface area contributed by atoms with Crippen molar-refractivity contribution in [3.8, 4) is 11.5 Å². The molecule has 0 bridgehead atoms. The van der Waals surface area contributed by atoms with Crippen molar-refractivity contribution in [3.05, 3.63) is 123 Å². The van der Waals surface area contributed by atoms with Gasteiger partial charge in [0, 0.05) is 35.5 Å². The van der Waals surface area contributed by atoms with E-state index in [-0.39, 0.29) is 50.1 Å². The van der Waals surface area contributed by atoms with Crippen molar-refractivity contribution in [3.63, 3.8) is 0 Å². The van der Waals surface area contributed by atoms with E-state index >= 15 is 8.78 Å². The van der Waals surface area contributed by atoms with E-state index in [1.807, 2.05) is 24.3 Å². The minimum atomic E-state index is -1.28. The number of esters is 1. The zero-order chi connectivity index (χ0) is 37.8. The van der Waals surface area contributed by atoms with Crippen LogP contribution in [-0.2, 0) is 21.5 Å². The fourth-order valence-corrected chi connectivity index (χ4v) is 7.57. The minimum absolute atomic E-state index is 0.128. The molecule has 8 nitrogen and oxygen atoms in total. The summed E-state index contributed by atoms with van der Waals surface area (Å²) in [6, 6.07) is 19.4. The summed E-state index contributed by atoms with van der Waals surface area (Å²) >= 11 is 12.7. The van der Waals surface area contributed by atoms with Crippen LogP contribution in [0.2, 0.25) is 10.0 Å². The number of benzene rings is 4. The Bertz CT molecular complexity index is 1920. The van der Waals surface area contributed by atoms with Gasteiger partial charge in [-0.05, 0) is 77.1 Å². The molecule has 0 spiro atoms. The van der Waals surface area contributed by atoms with Crippen LogP contribution in [-0.4, -0.2) is 51.8 Å². The molecule has 0 radical (unpaired) electrons. The van der Waals surface area contributed by atoms with Gasteiger partial charge in [0.15, 0.2) is 0 Å². The summed E-state index contributed by atoms with van der Waals surface area (Å²) in [5.41, 5.74) is 0.241. The topological polar surface area (TPSA) is 97.9 Å². The highest BCUT2D eigenvalue weighted by Crippen LogP contribution is 2.53. The monoisotopic (exact) mass is 753 g/mol. The van der Waals surface area contributed by atoms with Crippen molar-refractivity contribution in [1.82, 2.24) is 10.6 Å². The number of amides is 1. The molecular formula is C40H43Cl2F2N3O5. The van der Waals surface area contributed by atoms with Crippen molar-refractivity contribution < 1.29 is 32.6 Å². The quantitative estimate of drug-likeness (QED) is 0.125. The zero-order valence-corrected chi connectivity index (χ0v) is 31.4. The van der Waals surface area contributed by atoms with E-state index in [0.29, 0.717) is 18.7 Å². The predicted molar refractivity (Wildman–Crippen MR) is 200 cm³/mol. The number of hydrogen-bond acceptors (Lipinski definition) is 7. The van der Waals surface area contributed by atoms with E-state index in [0.717, 1.165) is 5.56 Å². The van der Waals surface area contributed by atoms with E-state index in [1.165, 1.54) is 44.6 Å². The smallest absolute Gasteiger partial charge is 0.337 e. The molecule has 276 valence electrons. The third-order valence-electron chi connectivity index (χ3n) is 9.53. The molecule has 1 fully saturated rings. The highest BCUT2D eigenvalue weighted by atomic mass is 35.5. The minimum Gasteiger partial charge on any atom is -0.497 e. The molecule has 0 aromatic heterocycles. The average Bonchev–Trinajstić information content (AvgIpc) is 3.41. The van der Waals surface area contributed by atoms with Crippen LogP contribution in [0.15, 0.2) is 78.9 Å². The van der Waals surface area contributed by atoms with Crippen molar-refractivity contribution in [1.29, 1.82) is 0 Å². The first-order valence-electron chi connectivity index (χ1n) is 16.8. The van der Waals surface area contributed by atoms with Gasteiger partial charge in [0.2, 0.25) is 5.91 Å². The van der Waals surface area contributed by atoms with Crippen molar-refractivity contribution in [2.45, 2.75) is 57.2 Å². The molecular weight excluding hydrogens is 711 g/mol. The molecule has 1 aliphatic heterocycles. The van der Waals surface area contributed by atoms with Gasteiger partial charge in [0.25, 0.3) is 0 Å². The largest absolute Gasteiger partial charge is 0.497 e. The number of rotatable bonds is 12. The second-order valence-electron chi connectivity index (χ2n) is 14.1. The summed E-state index contributed by atoms with van der Waals surface area (Å²) in [5.74, 6) is -2.49. The van der Waals surface area contributed by atoms with Crippen molar-refractivity contribution >= 4 is 40.8 Å². The number of halogens is 4. The summed E-state index contributed by atoms with van der Waals surface area (Å²) in [4.78, 5) is 26.9. The highest BCUT2D eigenvalue weighted by molar-refractivity contribution is 6.31. The molecule has 4 aromatic rings. The van der Waals surface area contributed by atoms with Gasteiger partial charge in [-0.3, -0.25) is 4.79 Å². The zero-order valence-electron chi connectivity index (χ0n) is 29.9. The van der Waals surface area contributed by atoms with Crippen LogP contribution in [0, 0.1) is 17.0 Å². The first-order valence-corrected chi connectivity index (χ1v) is 17.5. The molecule has 0 aliphatic carbocycles. The Labute approximate surface area is 313 Å². The van der Waals surface area contributed by atoms with Crippen LogP contribution in [0.25, 0.3) is 0 Å². The molecule has 0 unspecified atom stereocenters. The van der Waals surface area contributed by atoms with E-state index in [2.05, 4.69) is 36.7 Å². The number of nitrogens with one attached hydrogen (secondary N) is 3. The van der Waals surface area contributed by atoms with E-state index in [1.54, 1.807) is 31.4 Å². The molecule has 1 amide bonds. The van der Waals surface area contributed by atoms with Crippen molar-refractivity contribution in [2.24, 2.45) is 5.41 Å². The van der Waals surface area contributed by atoms with Gasteiger partial charge >= 0.3 is 5.97 Å². The number of carbonyl (C=O) groups excluding carboxylic acids is 2. The first-order chi connectivity index (χ1) is 24.7. The predicted octanol–water partition coefficient (Wildman–Crippen LogP) is 8.30. The van der Waals surface area contributed by atoms with Gasteiger partial charge in [0.05, 0.1) is 43.6 Å². The Morgan fingerprint density at radius 1 is 0.923 bits per heavy atom. The molecule has 1 aliphatic rings. The number of ether oxygens (including phenoxy) is 3. The maximum absolute atomic E-state index is 16.5. The van der Waals surface area contributed by atoms with Crippen LogP contribution in [0.1, 0.15) is 60.2 Å². The third kappa shape index (κ3) is 8.20. The summed E-state index contributed by atoms with van der Waals surface area (Å²) in [6.45, 7) is 6.67. The summed E-state index contributed by atoms with van der Waals surface area (Å²) in [7, 11) is 4.27. The molecule has 52 heavy (non-hydrogen) atoms. The van der Waals surface area contributed by atoms with Crippen LogP contribution >= 0.6 is 23.2 Å². The SMILES string of the molecule is COC(=O)c1ccc(NC(=O)[C@@H]2N[C@@H](CC(C)(C)C)[C@](CNCc3ccc(OC)cc3)(c3ccc(Cl)cc3F)[C@H]2c2cccc(Cl)c2F)c(OC)c1. The Morgan fingerprint density at radius 2 is 1.65 bits per heavy atom. The average molecular weight is 755 g/mol. The van der Waals surface area contributed by atoms with E-state index in [4.69, 9.17) is 37.4 Å². The molecule has 1 heterocycles. The Balaban J connectivity index is 1.69. The molecule has 0 saturated carbocycles. The number of methoxy groups -OCH3 is 3. The van der Waals surface area contributed by atoms with Crippen LogP contribution in [0.3, 0.4) is 0 Å². The molecule has 4 atom stereocenters. The number of hydrogen-bond donors (Lipinski definition) is 3. The van der Waals surface area contributed by atoms with E-state index < -0.39 is 46.9 Å². The Hall–Kier alpha value is -4.22. The Kier molecular flexibility index (Phi) is 12.2. The van der Waals surface area contributed by atoms with Gasteiger partial charge in [-0.1, -0.05) is 74.3 Å². The van der Waals surface area contributed by atoms with Crippen LogP contribution in [0.4, 0.5) is 14.5 Å². The maximum Gasteiger partial charge on any atom is 0.337 e. The van der Waals surface area contributed by atoms with Gasteiger partial charge in [-0.15, -0.1) is 0 Å². The van der Waals surface area contributed by atoms with Crippen LogP contribution < -0.4 is 25.4 Å². The Morgan fingerprint density at radius 3 is 2.29 bits per heavy atom. The van der Waals surface area contributed by atoms with Crippen LogP contribution in [0.5, 0.6) is 11.5 Å². The van der Waals surface area contributed by atoms with Gasteiger partial charge in [0.1, 0.15) is 23.1 Å². The molecule has 5 rings (SSSR count). The fraction of sp³-hybridized carbons (Fsp3) is 0.350. The summed E-state index contributed by atoms with van der Waals surface area (Å²) in [5, 5.41) is 10.1. The summed E-state index contributed by atoms with van der Waals surface area (Å²) in [6.07, 6.45) is 0.471. The second kappa shape index (κ2) is 16.2. The molecule has 1 saturated heterocycles.